The van der Waals surface area contributed by atoms with Crippen molar-refractivity contribution in [1.29, 1.82) is 0 Å². The summed E-state index contributed by atoms with van der Waals surface area (Å²) in [6.07, 6.45) is 3.16. The van der Waals surface area contributed by atoms with E-state index in [1.807, 2.05) is 32.0 Å². The van der Waals surface area contributed by atoms with Gasteiger partial charge in [0.05, 0.1) is 7.11 Å². The summed E-state index contributed by atoms with van der Waals surface area (Å²) in [7, 11) is 1.70. The highest BCUT2D eigenvalue weighted by molar-refractivity contribution is 5.79. The lowest BCUT2D eigenvalue weighted by molar-refractivity contribution is 0.411. The normalized spacial score (nSPS) is 11.4. The fourth-order valence-electron chi connectivity index (χ4n) is 2.90. The Morgan fingerprint density at radius 2 is 2.07 bits per heavy atom. The standard InChI is InChI=1S/C22H28N6O2/c1-4-23-22(25-13-10-17-9-8-16(2)19(15-17)29-3)26-14-11-20-27-21(30-28-20)18-7-5-6-12-24-18/h5-9,12,15H,4,10-11,13-14H2,1-3H3,(H2,23,25,26). The molecule has 0 radical (unpaired) electrons. The molecule has 0 spiro atoms. The van der Waals surface area contributed by atoms with Gasteiger partial charge in [-0.15, -0.1) is 0 Å². The van der Waals surface area contributed by atoms with Crippen LogP contribution in [0, 0.1) is 6.92 Å². The van der Waals surface area contributed by atoms with Crippen molar-refractivity contribution in [3.05, 3.63) is 59.5 Å². The third kappa shape index (κ3) is 6.04. The molecule has 3 rings (SSSR count). The number of aromatic nitrogens is 3. The Morgan fingerprint density at radius 3 is 2.83 bits per heavy atom. The highest BCUT2D eigenvalue weighted by Gasteiger charge is 2.09. The van der Waals surface area contributed by atoms with Crippen molar-refractivity contribution in [3.63, 3.8) is 0 Å². The fourth-order valence-corrected chi connectivity index (χ4v) is 2.90. The van der Waals surface area contributed by atoms with Crippen molar-refractivity contribution in [1.82, 2.24) is 25.8 Å². The molecule has 0 saturated carbocycles. The van der Waals surface area contributed by atoms with E-state index in [-0.39, 0.29) is 0 Å². The fraction of sp³-hybridized carbons (Fsp3) is 0.364. The second kappa shape index (κ2) is 10.9. The van der Waals surface area contributed by atoms with Gasteiger partial charge in [-0.1, -0.05) is 23.4 Å². The Morgan fingerprint density at radius 1 is 1.17 bits per heavy atom. The molecule has 0 fully saturated rings. The number of nitrogens with one attached hydrogen (secondary N) is 2. The van der Waals surface area contributed by atoms with Crippen LogP contribution in [0.4, 0.5) is 0 Å². The van der Waals surface area contributed by atoms with E-state index in [1.54, 1.807) is 13.3 Å². The van der Waals surface area contributed by atoms with Crippen molar-refractivity contribution in [2.75, 3.05) is 26.7 Å². The Hall–Kier alpha value is -3.42. The average Bonchev–Trinajstić information content (AvgIpc) is 3.24. The van der Waals surface area contributed by atoms with Gasteiger partial charge in [-0.3, -0.25) is 9.98 Å². The Bertz CT molecular complexity index is 955. The van der Waals surface area contributed by atoms with E-state index in [0.29, 0.717) is 30.4 Å². The molecule has 8 nitrogen and oxygen atoms in total. The summed E-state index contributed by atoms with van der Waals surface area (Å²) in [5, 5.41) is 10.6. The average molecular weight is 409 g/mol. The first kappa shape index (κ1) is 21.3. The van der Waals surface area contributed by atoms with E-state index in [0.717, 1.165) is 36.8 Å². The van der Waals surface area contributed by atoms with Gasteiger partial charge in [0.25, 0.3) is 5.89 Å². The maximum Gasteiger partial charge on any atom is 0.276 e. The monoisotopic (exact) mass is 408 g/mol. The molecule has 2 N–H and O–H groups in total. The Kier molecular flexibility index (Phi) is 7.77. The molecule has 2 aromatic heterocycles. The molecule has 0 bridgehead atoms. The second-order valence-corrected chi connectivity index (χ2v) is 6.72. The van der Waals surface area contributed by atoms with Crippen LogP contribution in [0.25, 0.3) is 11.6 Å². The quantitative estimate of drug-likeness (QED) is 0.415. The van der Waals surface area contributed by atoms with Gasteiger partial charge in [-0.05, 0) is 49.6 Å². The maximum atomic E-state index is 5.40. The van der Waals surface area contributed by atoms with Crippen molar-refractivity contribution >= 4 is 5.96 Å². The zero-order valence-electron chi connectivity index (χ0n) is 17.7. The molecule has 8 heteroatoms. The number of pyridine rings is 1. The van der Waals surface area contributed by atoms with Gasteiger partial charge in [-0.25, -0.2) is 0 Å². The summed E-state index contributed by atoms with van der Waals surface area (Å²) in [5.41, 5.74) is 3.02. The third-order valence-corrected chi connectivity index (χ3v) is 4.48. The minimum absolute atomic E-state index is 0.424. The highest BCUT2D eigenvalue weighted by atomic mass is 16.5. The molecule has 0 atom stereocenters. The number of guanidine groups is 1. The zero-order valence-corrected chi connectivity index (χ0v) is 17.7. The van der Waals surface area contributed by atoms with Crippen molar-refractivity contribution in [2.45, 2.75) is 26.7 Å². The third-order valence-electron chi connectivity index (χ3n) is 4.48. The van der Waals surface area contributed by atoms with Gasteiger partial charge in [0, 0.05) is 32.3 Å². The van der Waals surface area contributed by atoms with Gasteiger partial charge < -0.3 is 19.9 Å². The van der Waals surface area contributed by atoms with E-state index in [9.17, 15) is 0 Å². The van der Waals surface area contributed by atoms with E-state index < -0.39 is 0 Å². The van der Waals surface area contributed by atoms with E-state index >= 15 is 0 Å². The van der Waals surface area contributed by atoms with Crippen LogP contribution in [0.3, 0.4) is 0 Å². The Labute approximate surface area is 176 Å². The van der Waals surface area contributed by atoms with E-state index in [1.165, 1.54) is 5.56 Å². The molecule has 3 aromatic rings. The Balaban J connectivity index is 1.50. The summed E-state index contributed by atoms with van der Waals surface area (Å²) in [6, 6.07) is 11.9. The second-order valence-electron chi connectivity index (χ2n) is 6.72. The molecule has 0 saturated heterocycles. The van der Waals surface area contributed by atoms with Crippen LogP contribution < -0.4 is 15.4 Å². The number of hydrogen-bond donors (Lipinski definition) is 2. The van der Waals surface area contributed by atoms with Gasteiger partial charge in [0.15, 0.2) is 11.8 Å². The number of aryl methyl sites for hydroxylation is 1. The number of rotatable bonds is 9. The topological polar surface area (TPSA) is 97.5 Å². The molecule has 0 unspecified atom stereocenters. The van der Waals surface area contributed by atoms with E-state index in [4.69, 9.17) is 9.26 Å². The minimum atomic E-state index is 0.424. The number of nitrogens with zero attached hydrogens (tertiary/aromatic N) is 4. The number of aliphatic imine (C=N–C) groups is 1. The summed E-state index contributed by atoms with van der Waals surface area (Å²) in [4.78, 5) is 13.2. The first-order valence-corrected chi connectivity index (χ1v) is 10.1. The number of methoxy groups -OCH3 is 1. The largest absolute Gasteiger partial charge is 0.496 e. The van der Waals surface area contributed by atoms with Crippen LogP contribution in [-0.2, 0) is 12.8 Å². The molecule has 30 heavy (non-hydrogen) atoms. The minimum Gasteiger partial charge on any atom is -0.496 e. The van der Waals surface area contributed by atoms with Crippen molar-refractivity contribution in [2.24, 2.45) is 4.99 Å². The molecule has 0 aliphatic heterocycles. The summed E-state index contributed by atoms with van der Waals surface area (Å²) < 4.78 is 10.7. The number of benzene rings is 1. The molecule has 1 aromatic carbocycles. The van der Waals surface area contributed by atoms with Crippen LogP contribution in [-0.4, -0.2) is 47.8 Å². The molecule has 0 amide bonds. The predicted octanol–water partition coefficient (Wildman–Crippen LogP) is 2.79. The van der Waals surface area contributed by atoms with Gasteiger partial charge in [0.1, 0.15) is 11.4 Å². The van der Waals surface area contributed by atoms with Gasteiger partial charge in [0.2, 0.25) is 0 Å². The highest BCUT2D eigenvalue weighted by Crippen LogP contribution is 2.19. The summed E-state index contributed by atoms with van der Waals surface area (Å²) >= 11 is 0. The molecule has 158 valence electrons. The van der Waals surface area contributed by atoms with Crippen LogP contribution in [0.2, 0.25) is 0 Å². The van der Waals surface area contributed by atoms with Crippen molar-refractivity contribution in [3.8, 4) is 17.3 Å². The first-order valence-electron chi connectivity index (χ1n) is 10.1. The number of hydrogen-bond acceptors (Lipinski definition) is 6. The van der Waals surface area contributed by atoms with Gasteiger partial charge in [-0.2, -0.15) is 4.98 Å². The predicted molar refractivity (Wildman–Crippen MR) is 117 cm³/mol. The SMILES string of the molecule is CCNC(=NCCc1noc(-c2ccccn2)n1)NCCc1ccc(C)c(OC)c1. The van der Waals surface area contributed by atoms with E-state index in [2.05, 4.69) is 48.9 Å². The van der Waals surface area contributed by atoms with Crippen LogP contribution >= 0.6 is 0 Å². The summed E-state index contributed by atoms with van der Waals surface area (Å²) in [6.45, 7) is 6.19. The molecular formula is C22H28N6O2. The lowest BCUT2D eigenvalue weighted by atomic mass is 10.1. The zero-order chi connectivity index (χ0) is 21.2. The lowest BCUT2D eigenvalue weighted by Gasteiger charge is -2.12. The van der Waals surface area contributed by atoms with Crippen LogP contribution in [0.5, 0.6) is 5.75 Å². The molecular weight excluding hydrogens is 380 g/mol. The van der Waals surface area contributed by atoms with Crippen molar-refractivity contribution < 1.29 is 9.26 Å². The number of ether oxygens (including phenoxy) is 1. The van der Waals surface area contributed by atoms with Gasteiger partial charge >= 0.3 is 0 Å². The van der Waals surface area contributed by atoms with Crippen LogP contribution in [0.15, 0.2) is 52.1 Å². The lowest BCUT2D eigenvalue weighted by Crippen LogP contribution is -2.38. The first-order chi connectivity index (χ1) is 14.7. The molecule has 2 heterocycles. The smallest absolute Gasteiger partial charge is 0.276 e. The maximum absolute atomic E-state index is 5.40. The molecule has 0 aliphatic rings. The molecule has 0 aliphatic carbocycles. The van der Waals surface area contributed by atoms with Crippen LogP contribution in [0.1, 0.15) is 23.9 Å². The summed E-state index contributed by atoms with van der Waals surface area (Å²) in [5.74, 6) is 2.72.